The lowest BCUT2D eigenvalue weighted by atomic mass is 10.1. The van der Waals surface area contributed by atoms with Gasteiger partial charge in [-0.1, -0.05) is 12.1 Å². The van der Waals surface area contributed by atoms with Crippen LogP contribution in [-0.2, 0) is 6.18 Å². The minimum Gasteiger partial charge on any atom is -0.353 e. The second-order valence-corrected chi connectivity index (χ2v) is 7.68. The molecule has 30 heavy (non-hydrogen) atoms. The van der Waals surface area contributed by atoms with Crippen molar-refractivity contribution < 1.29 is 18.0 Å². The molecular formula is C21H24F3N5O. The summed E-state index contributed by atoms with van der Waals surface area (Å²) in [6.45, 7) is 5.53. The summed E-state index contributed by atoms with van der Waals surface area (Å²) in [4.78, 5) is 27.7. The molecule has 1 aromatic heterocycles. The molecule has 2 aliphatic rings. The number of anilines is 2. The van der Waals surface area contributed by atoms with Crippen LogP contribution in [0.5, 0.6) is 0 Å². The van der Waals surface area contributed by atoms with Crippen LogP contribution in [0.2, 0.25) is 0 Å². The molecule has 4 rings (SSSR count). The molecule has 0 radical (unpaired) electrons. The van der Waals surface area contributed by atoms with Crippen molar-refractivity contribution in [3.8, 4) is 0 Å². The summed E-state index contributed by atoms with van der Waals surface area (Å²) in [5.41, 5.74) is -0.314. The van der Waals surface area contributed by atoms with Crippen LogP contribution in [-0.4, -0.2) is 60.0 Å². The topological polar surface area (TPSA) is 52.6 Å². The molecular weight excluding hydrogens is 395 g/mol. The Bertz CT molecular complexity index is 919. The first-order chi connectivity index (χ1) is 14.3. The van der Waals surface area contributed by atoms with Crippen LogP contribution >= 0.6 is 0 Å². The number of piperazine rings is 1. The summed E-state index contributed by atoms with van der Waals surface area (Å²) in [5, 5.41) is 0. The predicted molar refractivity (Wildman–Crippen MR) is 108 cm³/mol. The summed E-state index contributed by atoms with van der Waals surface area (Å²) >= 11 is 0. The van der Waals surface area contributed by atoms with E-state index in [-0.39, 0.29) is 5.56 Å². The maximum Gasteiger partial charge on any atom is 0.417 e. The third kappa shape index (κ3) is 4.20. The van der Waals surface area contributed by atoms with E-state index in [0.717, 1.165) is 49.5 Å². The molecule has 0 aliphatic carbocycles. The number of aromatic nitrogens is 2. The molecule has 0 N–H and O–H groups in total. The Kier molecular flexibility index (Phi) is 5.53. The summed E-state index contributed by atoms with van der Waals surface area (Å²) in [5.74, 6) is 0.937. The van der Waals surface area contributed by atoms with E-state index in [1.807, 2.05) is 13.0 Å². The van der Waals surface area contributed by atoms with Gasteiger partial charge in [-0.15, -0.1) is 0 Å². The van der Waals surface area contributed by atoms with E-state index in [2.05, 4.69) is 14.8 Å². The molecule has 2 aromatic rings. The van der Waals surface area contributed by atoms with Crippen molar-refractivity contribution >= 4 is 17.7 Å². The van der Waals surface area contributed by atoms with Crippen LogP contribution < -0.4 is 9.80 Å². The Morgan fingerprint density at radius 1 is 0.933 bits per heavy atom. The highest BCUT2D eigenvalue weighted by atomic mass is 19.4. The van der Waals surface area contributed by atoms with Crippen LogP contribution in [0.15, 0.2) is 30.3 Å². The zero-order valence-electron chi connectivity index (χ0n) is 16.8. The minimum absolute atomic E-state index is 0.298. The fraction of sp³-hybridized carbons (Fsp3) is 0.476. The highest BCUT2D eigenvalue weighted by molar-refractivity contribution is 5.96. The molecule has 0 saturated carbocycles. The largest absolute Gasteiger partial charge is 0.417 e. The second kappa shape index (κ2) is 8.12. The standard InChI is InChI=1S/C21H24F3N5O/c1-15-14-18(26-20(25-15)29-8-4-5-9-29)27-10-12-28(13-11-27)19(30)16-6-2-3-7-17(16)21(22,23)24/h2-3,6-7,14H,4-5,8-13H2,1H3. The smallest absolute Gasteiger partial charge is 0.353 e. The number of amides is 1. The van der Waals surface area contributed by atoms with Gasteiger partial charge in [0, 0.05) is 51.0 Å². The average Bonchev–Trinajstić information content (AvgIpc) is 3.27. The average molecular weight is 419 g/mol. The van der Waals surface area contributed by atoms with Gasteiger partial charge in [-0.2, -0.15) is 18.2 Å². The molecule has 1 aromatic carbocycles. The highest BCUT2D eigenvalue weighted by Gasteiger charge is 2.36. The maximum absolute atomic E-state index is 13.3. The lowest BCUT2D eigenvalue weighted by Crippen LogP contribution is -2.49. The van der Waals surface area contributed by atoms with Gasteiger partial charge in [0.25, 0.3) is 5.91 Å². The lowest BCUT2D eigenvalue weighted by Gasteiger charge is -2.36. The number of rotatable bonds is 3. The van der Waals surface area contributed by atoms with Gasteiger partial charge in [0.05, 0.1) is 11.1 Å². The number of benzene rings is 1. The number of aryl methyl sites for hydroxylation is 1. The van der Waals surface area contributed by atoms with E-state index >= 15 is 0 Å². The highest BCUT2D eigenvalue weighted by Crippen LogP contribution is 2.32. The van der Waals surface area contributed by atoms with Gasteiger partial charge in [-0.3, -0.25) is 4.79 Å². The van der Waals surface area contributed by atoms with Crippen LogP contribution in [0.1, 0.15) is 34.5 Å². The third-order valence-electron chi connectivity index (χ3n) is 5.57. The fourth-order valence-electron chi connectivity index (χ4n) is 3.98. The number of nitrogens with zero attached hydrogens (tertiary/aromatic N) is 5. The van der Waals surface area contributed by atoms with Crippen LogP contribution in [0.4, 0.5) is 24.9 Å². The van der Waals surface area contributed by atoms with Gasteiger partial charge in [-0.25, -0.2) is 4.98 Å². The molecule has 1 amide bonds. The van der Waals surface area contributed by atoms with Crippen LogP contribution in [0, 0.1) is 6.92 Å². The zero-order chi connectivity index (χ0) is 21.3. The molecule has 3 heterocycles. The van der Waals surface area contributed by atoms with Crippen molar-refractivity contribution in [3.63, 3.8) is 0 Å². The van der Waals surface area contributed by atoms with Gasteiger partial charge >= 0.3 is 6.18 Å². The summed E-state index contributed by atoms with van der Waals surface area (Å²) in [7, 11) is 0. The summed E-state index contributed by atoms with van der Waals surface area (Å²) in [6.07, 6.45) is -2.29. The fourth-order valence-corrected chi connectivity index (χ4v) is 3.98. The molecule has 9 heteroatoms. The molecule has 6 nitrogen and oxygen atoms in total. The van der Waals surface area contributed by atoms with Crippen LogP contribution in [0.3, 0.4) is 0 Å². The molecule has 0 spiro atoms. The third-order valence-corrected chi connectivity index (χ3v) is 5.57. The zero-order valence-corrected chi connectivity index (χ0v) is 16.8. The molecule has 160 valence electrons. The SMILES string of the molecule is Cc1cc(N2CCN(C(=O)c3ccccc3C(F)(F)F)CC2)nc(N2CCCC2)n1. The molecule has 2 saturated heterocycles. The Morgan fingerprint density at radius 2 is 1.60 bits per heavy atom. The minimum atomic E-state index is -4.56. The normalized spacial score (nSPS) is 17.5. The number of alkyl halides is 3. The van der Waals surface area contributed by atoms with Gasteiger partial charge in [0.2, 0.25) is 5.95 Å². The maximum atomic E-state index is 13.3. The number of hydrogen-bond acceptors (Lipinski definition) is 5. The van der Waals surface area contributed by atoms with Gasteiger partial charge in [0.1, 0.15) is 5.82 Å². The lowest BCUT2D eigenvalue weighted by molar-refractivity contribution is -0.138. The molecule has 0 atom stereocenters. The first-order valence-corrected chi connectivity index (χ1v) is 10.1. The molecule has 2 aliphatic heterocycles. The first-order valence-electron chi connectivity index (χ1n) is 10.1. The van der Waals surface area contributed by atoms with Crippen molar-refractivity contribution in [2.75, 3.05) is 49.1 Å². The summed E-state index contributed by atoms with van der Waals surface area (Å²) < 4.78 is 39.8. The van der Waals surface area contributed by atoms with Crippen molar-refractivity contribution in [2.24, 2.45) is 0 Å². The van der Waals surface area contributed by atoms with Crippen molar-refractivity contribution in [1.29, 1.82) is 0 Å². The molecule has 2 fully saturated rings. The van der Waals surface area contributed by atoms with E-state index < -0.39 is 17.6 Å². The predicted octanol–water partition coefficient (Wildman–Crippen LogP) is 3.37. The Balaban J connectivity index is 1.47. The van der Waals surface area contributed by atoms with E-state index in [4.69, 9.17) is 4.98 Å². The van der Waals surface area contributed by atoms with Crippen LogP contribution in [0.25, 0.3) is 0 Å². The second-order valence-electron chi connectivity index (χ2n) is 7.68. The van der Waals surface area contributed by atoms with Gasteiger partial charge < -0.3 is 14.7 Å². The summed E-state index contributed by atoms with van der Waals surface area (Å²) in [6, 6.07) is 6.87. The van der Waals surface area contributed by atoms with Crippen molar-refractivity contribution in [2.45, 2.75) is 25.9 Å². The van der Waals surface area contributed by atoms with Crippen molar-refractivity contribution in [1.82, 2.24) is 14.9 Å². The van der Waals surface area contributed by atoms with Gasteiger partial charge in [-0.05, 0) is 31.9 Å². The number of hydrogen-bond donors (Lipinski definition) is 0. The number of carbonyl (C=O) groups is 1. The van der Waals surface area contributed by atoms with Gasteiger partial charge in [0.15, 0.2) is 0 Å². The van der Waals surface area contributed by atoms with Crippen molar-refractivity contribution in [3.05, 3.63) is 47.2 Å². The van der Waals surface area contributed by atoms with E-state index in [9.17, 15) is 18.0 Å². The number of halogens is 3. The monoisotopic (exact) mass is 419 g/mol. The van der Waals surface area contributed by atoms with E-state index in [1.54, 1.807) is 0 Å². The quantitative estimate of drug-likeness (QED) is 0.764. The van der Waals surface area contributed by atoms with E-state index in [1.165, 1.54) is 23.1 Å². The molecule has 0 bridgehead atoms. The van der Waals surface area contributed by atoms with E-state index in [0.29, 0.717) is 26.2 Å². The Labute approximate surface area is 173 Å². The number of carbonyl (C=O) groups excluding carboxylic acids is 1. The Hall–Kier alpha value is -2.84. The first kappa shape index (κ1) is 20.4. The Morgan fingerprint density at radius 3 is 2.27 bits per heavy atom. The molecule has 0 unspecified atom stereocenters.